The lowest BCUT2D eigenvalue weighted by Gasteiger charge is -2.09. The SMILES string of the molecule is CCc1ccc(NC(=O)CCC=C(c2ccccc2)c2ccccc2)cc1. The first kappa shape index (κ1) is 18.7. The lowest BCUT2D eigenvalue weighted by atomic mass is 9.96. The van der Waals surface area contributed by atoms with Gasteiger partial charge in [-0.3, -0.25) is 4.79 Å². The molecule has 0 aliphatic heterocycles. The van der Waals surface area contributed by atoms with Crippen LogP contribution in [0.4, 0.5) is 5.69 Å². The first-order valence-corrected chi connectivity index (χ1v) is 9.46. The van der Waals surface area contributed by atoms with Crippen molar-refractivity contribution in [1.29, 1.82) is 0 Å². The van der Waals surface area contributed by atoms with E-state index in [0.29, 0.717) is 12.8 Å². The Labute approximate surface area is 161 Å². The summed E-state index contributed by atoms with van der Waals surface area (Å²) in [5, 5.41) is 2.98. The van der Waals surface area contributed by atoms with Crippen molar-refractivity contribution in [2.75, 3.05) is 5.32 Å². The number of carbonyl (C=O) groups is 1. The summed E-state index contributed by atoms with van der Waals surface area (Å²) in [6.07, 6.45) is 4.31. The molecule has 0 aliphatic carbocycles. The van der Waals surface area contributed by atoms with Crippen LogP contribution in [0.2, 0.25) is 0 Å². The van der Waals surface area contributed by atoms with Crippen LogP contribution in [-0.2, 0) is 11.2 Å². The molecule has 0 unspecified atom stereocenters. The van der Waals surface area contributed by atoms with Crippen LogP contribution in [0.3, 0.4) is 0 Å². The van der Waals surface area contributed by atoms with E-state index in [2.05, 4.69) is 54.7 Å². The Bertz CT molecular complexity index is 839. The highest BCUT2D eigenvalue weighted by Crippen LogP contribution is 2.24. The van der Waals surface area contributed by atoms with E-state index in [1.54, 1.807) is 0 Å². The fraction of sp³-hybridized carbons (Fsp3) is 0.160. The van der Waals surface area contributed by atoms with E-state index in [-0.39, 0.29) is 5.91 Å². The Morgan fingerprint density at radius 3 is 1.89 bits per heavy atom. The number of amides is 1. The van der Waals surface area contributed by atoms with Gasteiger partial charge in [-0.1, -0.05) is 85.8 Å². The zero-order chi connectivity index (χ0) is 18.9. The van der Waals surface area contributed by atoms with Gasteiger partial charge in [0.25, 0.3) is 0 Å². The van der Waals surface area contributed by atoms with Crippen molar-refractivity contribution in [3.05, 3.63) is 108 Å². The van der Waals surface area contributed by atoms with Gasteiger partial charge in [-0.25, -0.2) is 0 Å². The fourth-order valence-corrected chi connectivity index (χ4v) is 3.03. The predicted octanol–water partition coefficient (Wildman–Crippen LogP) is 6.10. The molecule has 27 heavy (non-hydrogen) atoms. The number of hydrogen-bond donors (Lipinski definition) is 1. The second-order valence-electron chi connectivity index (χ2n) is 6.49. The second kappa shape index (κ2) is 9.54. The summed E-state index contributed by atoms with van der Waals surface area (Å²) in [6.45, 7) is 2.12. The van der Waals surface area contributed by atoms with Gasteiger partial charge in [0.2, 0.25) is 5.91 Å². The maximum Gasteiger partial charge on any atom is 0.224 e. The largest absolute Gasteiger partial charge is 0.326 e. The summed E-state index contributed by atoms with van der Waals surface area (Å²) < 4.78 is 0. The molecule has 136 valence electrons. The molecule has 0 spiro atoms. The minimum absolute atomic E-state index is 0.0379. The molecule has 0 saturated heterocycles. The summed E-state index contributed by atoms with van der Waals surface area (Å²) in [6, 6.07) is 28.7. The maximum atomic E-state index is 12.3. The fourth-order valence-electron chi connectivity index (χ4n) is 3.03. The van der Waals surface area contributed by atoms with Crippen LogP contribution in [-0.4, -0.2) is 5.91 Å². The maximum absolute atomic E-state index is 12.3. The third-order valence-electron chi connectivity index (χ3n) is 4.54. The highest BCUT2D eigenvalue weighted by Gasteiger charge is 2.06. The molecule has 3 aromatic rings. The van der Waals surface area contributed by atoms with Gasteiger partial charge in [0.1, 0.15) is 0 Å². The van der Waals surface area contributed by atoms with Crippen molar-refractivity contribution >= 4 is 17.2 Å². The third kappa shape index (κ3) is 5.42. The molecular formula is C25H25NO. The molecule has 0 fully saturated rings. The van der Waals surface area contributed by atoms with Crippen LogP contribution in [0.15, 0.2) is 91.0 Å². The summed E-state index contributed by atoms with van der Waals surface area (Å²) in [4.78, 5) is 12.3. The third-order valence-corrected chi connectivity index (χ3v) is 4.54. The molecule has 1 amide bonds. The lowest BCUT2D eigenvalue weighted by molar-refractivity contribution is -0.116. The van der Waals surface area contributed by atoms with Crippen molar-refractivity contribution in [2.45, 2.75) is 26.2 Å². The summed E-state index contributed by atoms with van der Waals surface area (Å²) in [5.41, 5.74) is 5.62. The highest BCUT2D eigenvalue weighted by atomic mass is 16.1. The zero-order valence-corrected chi connectivity index (χ0v) is 15.7. The smallest absolute Gasteiger partial charge is 0.224 e. The van der Waals surface area contributed by atoms with Gasteiger partial charge in [-0.2, -0.15) is 0 Å². The summed E-state index contributed by atoms with van der Waals surface area (Å²) in [7, 11) is 0. The number of aryl methyl sites for hydroxylation is 1. The van der Waals surface area contributed by atoms with E-state index in [4.69, 9.17) is 0 Å². The van der Waals surface area contributed by atoms with E-state index < -0.39 is 0 Å². The molecule has 0 atom stereocenters. The van der Waals surface area contributed by atoms with Gasteiger partial charge in [-0.15, -0.1) is 0 Å². The molecule has 0 aliphatic rings. The van der Waals surface area contributed by atoms with Crippen LogP contribution in [0.25, 0.3) is 5.57 Å². The topological polar surface area (TPSA) is 29.1 Å². The summed E-state index contributed by atoms with van der Waals surface area (Å²) >= 11 is 0. The Hall–Kier alpha value is -3.13. The average Bonchev–Trinajstić information content (AvgIpc) is 2.73. The number of anilines is 1. The predicted molar refractivity (Wildman–Crippen MR) is 114 cm³/mol. The average molecular weight is 355 g/mol. The monoisotopic (exact) mass is 355 g/mol. The quantitative estimate of drug-likeness (QED) is 0.545. The molecule has 3 rings (SSSR count). The normalized spacial score (nSPS) is 10.3. The number of carbonyl (C=O) groups excluding carboxylic acids is 1. The molecule has 0 heterocycles. The first-order valence-electron chi connectivity index (χ1n) is 9.46. The van der Waals surface area contributed by atoms with Crippen LogP contribution in [0, 0.1) is 0 Å². The second-order valence-corrected chi connectivity index (χ2v) is 6.49. The van der Waals surface area contributed by atoms with E-state index in [1.807, 2.05) is 48.5 Å². The molecular weight excluding hydrogens is 330 g/mol. The van der Waals surface area contributed by atoms with E-state index in [0.717, 1.165) is 17.7 Å². The zero-order valence-electron chi connectivity index (χ0n) is 15.7. The van der Waals surface area contributed by atoms with Gasteiger partial charge in [-0.05, 0) is 47.2 Å². The first-order chi connectivity index (χ1) is 13.3. The van der Waals surface area contributed by atoms with Crippen molar-refractivity contribution in [3.63, 3.8) is 0 Å². The molecule has 2 heteroatoms. The summed E-state index contributed by atoms with van der Waals surface area (Å²) in [5.74, 6) is 0.0379. The minimum atomic E-state index is 0.0379. The van der Waals surface area contributed by atoms with Gasteiger partial charge in [0.05, 0.1) is 0 Å². The van der Waals surface area contributed by atoms with Gasteiger partial charge >= 0.3 is 0 Å². The number of allylic oxidation sites excluding steroid dienone is 1. The van der Waals surface area contributed by atoms with Crippen molar-refractivity contribution in [3.8, 4) is 0 Å². The molecule has 0 aromatic heterocycles. The van der Waals surface area contributed by atoms with E-state index in [1.165, 1.54) is 16.7 Å². The lowest BCUT2D eigenvalue weighted by Crippen LogP contribution is -2.10. The molecule has 2 nitrogen and oxygen atoms in total. The van der Waals surface area contributed by atoms with Gasteiger partial charge in [0, 0.05) is 12.1 Å². The number of nitrogens with one attached hydrogen (secondary N) is 1. The Morgan fingerprint density at radius 1 is 0.815 bits per heavy atom. The van der Waals surface area contributed by atoms with Crippen LogP contribution < -0.4 is 5.32 Å². The van der Waals surface area contributed by atoms with Gasteiger partial charge < -0.3 is 5.32 Å². The molecule has 1 N–H and O–H groups in total. The molecule has 0 saturated carbocycles. The number of rotatable bonds is 7. The molecule has 3 aromatic carbocycles. The van der Waals surface area contributed by atoms with Crippen LogP contribution in [0.5, 0.6) is 0 Å². The van der Waals surface area contributed by atoms with E-state index in [9.17, 15) is 4.79 Å². The van der Waals surface area contributed by atoms with E-state index >= 15 is 0 Å². The Morgan fingerprint density at radius 2 is 1.37 bits per heavy atom. The van der Waals surface area contributed by atoms with Gasteiger partial charge in [0.15, 0.2) is 0 Å². The van der Waals surface area contributed by atoms with Crippen molar-refractivity contribution in [1.82, 2.24) is 0 Å². The molecule has 0 bridgehead atoms. The van der Waals surface area contributed by atoms with Crippen LogP contribution >= 0.6 is 0 Å². The molecule has 0 radical (unpaired) electrons. The Balaban J connectivity index is 1.66. The van der Waals surface area contributed by atoms with Crippen LogP contribution in [0.1, 0.15) is 36.5 Å². The van der Waals surface area contributed by atoms with Crippen molar-refractivity contribution < 1.29 is 4.79 Å². The number of benzene rings is 3. The Kier molecular flexibility index (Phi) is 6.59. The standard InChI is InChI=1S/C25H25NO/c1-2-20-16-18-23(19-17-20)26-25(27)15-9-14-24(21-10-5-3-6-11-21)22-12-7-4-8-13-22/h3-8,10-14,16-19H,2,9,15H2,1H3,(H,26,27). The number of hydrogen-bond acceptors (Lipinski definition) is 1. The highest BCUT2D eigenvalue weighted by molar-refractivity contribution is 5.91. The van der Waals surface area contributed by atoms with Crippen molar-refractivity contribution in [2.24, 2.45) is 0 Å². The minimum Gasteiger partial charge on any atom is -0.326 e.